The molecule has 2 heterocycles. The SMILES string of the molecule is COc1cc(C(=O)N2CCCC(N3CCNCC3=O)C2)ccc1OCC(C)C. The van der Waals surface area contributed by atoms with Crippen molar-refractivity contribution in [3.8, 4) is 11.5 Å². The number of carbonyl (C=O) groups excluding carboxylic acids is 2. The van der Waals surface area contributed by atoms with Gasteiger partial charge in [0.25, 0.3) is 5.91 Å². The van der Waals surface area contributed by atoms with Gasteiger partial charge in [-0.15, -0.1) is 0 Å². The summed E-state index contributed by atoms with van der Waals surface area (Å²) >= 11 is 0. The van der Waals surface area contributed by atoms with Crippen LogP contribution in [0.15, 0.2) is 18.2 Å². The number of benzene rings is 1. The number of ether oxygens (including phenoxy) is 2. The van der Waals surface area contributed by atoms with Gasteiger partial charge in [0.1, 0.15) is 0 Å². The van der Waals surface area contributed by atoms with Crippen LogP contribution in [0.3, 0.4) is 0 Å². The van der Waals surface area contributed by atoms with Crippen molar-refractivity contribution in [1.82, 2.24) is 15.1 Å². The highest BCUT2D eigenvalue weighted by Crippen LogP contribution is 2.29. The van der Waals surface area contributed by atoms with Gasteiger partial charge in [0.05, 0.1) is 20.3 Å². The lowest BCUT2D eigenvalue weighted by molar-refractivity contribution is -0.135. The van der Waals surface area contributed by atoms with Gasteiger partial charge in [0, 0.05) is 37.8 Å². The minimum atomic E-state index is -0.0269. The molecule has 2 aliphatic heterocycles. The highest BCUT2D eigenvalue weighted by atomic mass is 16.5. The quantitative estimate of drug-likeness (QED) is 0.803. The van der Waals surface area contributed by atoms with Crippen molar-refractivity contribution in [3.05, 3.63) is 23.8 Å². The second kappa shape index (κ2) is 9.28. The fourth-order valence-corrected chi connectivity index (χ4v) is 3.76. The van der Waals surface area contributed by atoms with Crippen LogP contribution >= 0.6 is 0 Å². The zero-order valence-electron chi connectivity index (χ0n) is 17.1. The van der Waals surface area contributed by atoms with Crippen LogP contribution in [0.4, 0.5) is 0 Å². The van der Waals surface area contributed by atoms with Crippen LogP contribution in [0.5, 0.6) is 11.5 Å². The third-order valence-electron chi connectivity index (χ3n) is 5.23. The van der Waals surface area contributed by atoms with Crippen molar-refractivity contribution in [2.24, 2.45) is 5.92 Å². The lowest BCUT2D eigenvalue weighted by Gasteiger charge is -2.41. The van der Waals surface area contributed by atoms with E-state index in [1.165, 1.54) is 0 Å². The van der Waals surface area contributed by atoms with Crippen LogP contribution in [0, 0.1) is 5.92 Å². The molecular formula is C21H31N3O4. The predicted molar refractivity (Wildman–Crippen MR) is 107 cm³/mol. The Kier molecular flexibility index (Phi) is 6.78. The Morgan fingerprint density at radius 2 is 2.11 bits per heavy atom. The normalized spacial score (nSPS) is 20.4. The van der Waals surface area contributed by atoms with Crippen LogP contribution in [-0.2, 0) is 4.79 Å². The third-order valence-corrected chi connectivity index (χ3v) is 5.23. The topological polar surface area (TPSA) is 71.1 Å². The lowest BCUT2D eigenvalue weighted by atomic mass is 10.0. The molecule has 0 bridgehead atoms. The molecule has 2 amide bonds. The number of amides is 2. The van der Waals surface area contributed by atoms with Gasteiger partial charge in [0.2, 0.25) is 5.91 Å². The van der Waals surface area contributed by atoms with Gasteiger partial charge in [-0.3, -0.25) is 9.59 Å². The Bertz CT molecular complexity index is 707. The average molecular weight is 389 g/mol. The van der Waals surface area contributed by atoms with Gasteiger partial charge < -0.3 is 24.6 Å². The molecule has 2 saturated heterocycles. The number of nitrogens with one attached hydrogen (secondary N) is 1. The van der Waals surface area contributed by atoms with Crippen molar-refractivity contribution in [3.63, 3.8) is 0 Å². The highest BCUT2D eigenvalue weighted by molar-refractivity contribution is 5.95. The molecule has 7 nitrogen and oxygen atoms in total. The summed E-state index contributed by atoms with van der Waals surface area (Å²) in [4.78, 5) is 29.1. The van der Waals surface area contributed by atoms with Gasteiger partial charge >= 0.3 is 0 Å². The molecule has 1 aromatic rings. The second-order valence-corrected chi connectivity index (χ2v) is 7.88. The van der Waals surface area contributed by atoms with Gasteiger partial charge in [-0.05, 0) is 37.0 Å². The van der Waals surface area contributed by atoms with E-state index in [9.17, 15) is 9.59 Å². The molecule has 3 rings (SSSR count). The number of rotatable bonds is 6. The number of likely N-dealkylation sites (tertiary alicyclic amines) is 1. The maximum atomic E-state index is 13.1. The third kappa shape index (κ3) is 4.76. The van der Waals surface area contributed by atoms with Crippen LogP contribution in [-0.4, -0.2) is 74.1 Å². The molecule has 0 saturated carbocycles. The molecule has 0 radical (unpaired) electrons. The van der Waals surface area contributed by atoms with Crippen LogP contribution in [0.2, 0.25) is 0 Å². The summed E-state index contributed by atoms with van der Waals surface area (Å²) in [6.07, 6.45) is 1.85. The van der Waals surface area contributed by atoms with E-state index >= 15 is 0 Å². The molecular weight excluding hydrogens is 358 g/mol. The number of piperidine rings is 1. The van der Waals surface area contributed by atoms with Crippen molar-refractivity contribution in [1.29, 1.82) is 0 Å². The molecule has 1 unspecified atom stereocenters. The van der Waals surface area contributed by atoms with Gasteiger partial charge in [-0.25, -0.2) is 0 Å². The smallest absolute Gasteiger partial charge is 0.254 e. The van der Waals surface area contributed by atoms with E-state index in [2.05, 4.69) is 19.2 Å². The molecule has 0 aliphatic carbocycles. The Hall–Kier alpha value is -2.28. The van der Waals surface area contributed by atoms with Crippen molar-refractivity contribution < 1.29 is 19.1 Å². The van der Waals surface area contributed by atoms with E-state index < -0.39 is 0 Å². The summed E-state index contributed by atoms with van der Waals surface area (Å²) in [6.45, 7) is 7.96. The standard InChI is InChI=1S/C21H31N3O4/c1-15(2)14-28-18-7-6-16(11-19(18)27-3)21(26)23-9-4-5-17(13-23)24-10-8-22-12-20(24)25/h6-7,11,15,17,22H,4-5,8-10,12-14H2,1-3H3. The molecule has 28 heavy (non-hydrogen) atoms. The first kappa shape index (κ1) is 20.5. The van der Waals surface area contributed by atoms with Crippen molar-refractivity contribution in [2.75, 3.05) is 46.4 Å². The van der Waals surface area contributed by atoms with E-state index in [0.29, 0.717) is 55.8 Å². The number of hydrogen-bond donors (Lipinski definition) is 1. The summed E-state index contributed by atoms with van der Waals surface area (Å²) in [5.74, 6) is 1.72. The maximum absolute atomic E-state index is 13.1. The minimum Gasteiger partial charge on any atom is -0.493 e. The molecule has 2 fully saturated rings. The Balaban J connectivity index is 1.69. The van der Waals surface area contributed by atoms with Crippen LogP contribution in [0.1, 0.15) is 37.0 Å². The monoisotopic (exact) mass is 389 g/mol. The number of piperazine rings is 1. The van der Waals surface area contributed by atoms with Crippen molar-refractivity contribution >= 4 is 11.8 Å². The predicted octanol–water partition coefficient (Wildman–Crippen LogP) is 1.77. The number of nitrogens with zero attached hydrogens (tertiary/aromatic N) is 2. The van der Waals surface area contributed by atoms with E-state index in [4.69, 9.17) is 9.47 Å². The molecule has 7 heteroatoms. The summed E-state index contributed by atoms with van der Waals surface area (Å²) in [5, 5.41) is 3.10. The molecule has 1 atom stereocenters. The van der Waals surface area contributed by atoms with E-state index in [-0.39, 0.29) is 17.9 Å². The average Bonchev–Trinajstić information content (AvgIpc) is 2.72. The van der Waals surface area contributed by atoms with Crippen LogP contribution < -0.4 is 14.8 Å². The Morgan fingerprint density at radius 3 is 2.82 bits per heavy atom. The molecule has 154 valence electrons. The molecule has 0 aromatic heterocycles. The van der Waals surface area contributed by atoms with Crippen LogP contribution in [0.25, 0.3) is 0 Å². The van der Waals surface area contributed by atoms with Gasteiger partial charge in [-0.1, -0.05) is 13.8 Å². The Morgan fingerprint density at radius 1 is 1.29 bits per heavy atom. The number of hydrogen-bond acceptors (Lipinski definition) is 5. The van der Waals surface area contributed by atoms with Crippen molar-refractivity contribution in [2.45, 2.75) is 32.7 Å². The van der Waals surface area contributed by atoms with E-state index in [0.717, 1.165) is 19.4 Å². The summed E-state index contributed by atoms with van der Waals surface area (Å²) in [6, 6.07) is 5.44. The first-order valence-electron chi connectivity index (χ1n) is 10.1. The zero-order chi connectivity index (χ0) is 20.1. The fourth-order valence-electron chi connectivity index (χ4n) is 3.76. The summed E-state index contributed by atoms with van der Waals surface area (Å²) < 4.78 is 11.2. The lowest BCUT2D eigenvalue weighted by Crippen LogP contribution is -2.57. The van der Waals surface area contributed by atoms with E-state index in [1.54, 1.807) is 25.3 Å². The second-order valence-electron chi connectivity index (χ2n) is 7.88. The largest absolute Gasteiger partial charge is 0.493 e. The summed E-state index contributed by atoms with van der Waals surface area (Å²) in [7, 11) is 1.58. The zero-order valence-corrected chi connectivity index (χ0v) is 17.1. The number of carbonyl (C=O) groups is 2. The molecule has 1 N–H and O–H groups in total. The summed E-state index contributed by atoms with van der Waals surface area (Å²) in [5.41, 5.74) is 0.584. The Labute approximate surface area is 167 Å². The van der Waals surface area contributed by atoms with E-state index in [1.807, 2.05) is 9.80 Å². The highest BCUT2D eigenvalue weighted by Gasteiger charge is 2.32. The fraction of sp³-hybridized carbons (Fsp3) is 0.619. The van der Waals surface area contributed by atoms with Gasteiger partial charge in [0.15, 0.2) is 11.5 Å². The molecule has 1 aromatic carbocycles. The number of methoxy groups -OCH3 is 1. The molecule has 0 spiro atoms. The minimum absolute atomic E-state index is 0.0269. The molecule has 2 aliphatic rings. The van der Waals surface area contributed by atoms with Gasteiger partial charge in [-0.2, -0.15) is 0 Å². The first-order chi connectivity index (χ1) is 13.5. The first-order valence-corrected chi connectivity index (χ1v) is 10.1. The maximum Gasteiger partial charge on any atom is 0.254 e.